The number of halogens is 3. The molecule has 0 atom stereocenters. The van der Waals surface area contributed by atoms with Gasteiger partial charge < -0.3 is 0 Å². The summed E-state index contributed by atoms with van der Waals surface area (Å²) in [6.45, 7) is 1.83. The number of hydrogen-bond acceptors (Lipinski definition) is 5. The molecule has 1 fully saturated rings. The molecule has 0 unspecified atom stereocenters. The molecule has 0 saturated heterocycles. The van der Waals surface area contributed by atoms with E-state index < -0.39 is 23.3 Å². The number of aromatic nitrogens is 4. The van der Waals surface area contributed by atoms with E-state index in [4.69, 9.17) is 0 Å². The first-order valence-electron chi connectivity index (χ1n) is 9.70. The summed E-state index contributed by atoms with van der Waals surface area (Å²) in [5.41, 5.74) is -0.552. The molecular weight excluding hydrogens is 415 g/mol. The van der Waals surface area contributed by atoms with E-state index in [2.05, 4.69) is 20.6 Å². The van der Waals surface area contributed by atoms with E-state index in [-0.39, 0.29) is 10.8 Å². The minimum atomic E-state index is -4.76. The predicted octanol–water partition coefficient (Wildman–Crippen LogP) is 5.35. The fourth-order valence-electron chi connectivity index (χ4n) is 3.63. The minimum Gasteiger partial charge on any atom is -0.296 e. The van der Waals surface area contributed by atoms with Crippen LogP contribution in [0.1, 0.15) is 64.6 Å². The van der Waals surface area contributed by atoms with E-state index in [0.717, 1.165) is 47.1 Å². The molecule has 0 radical (unpaired) electrons. The van der Waals surface area contributed by atoms with E-state index in [1.54, 1.807) is 12.1 Å². The first-order chi connectivity index (χ1) is 14.3. The van der Waals surface area contributed by atoms with Crippen molar-refractivity contribution in [3.05, 3.63) is 52.3 Å². The third-order valence-electron chi connectivity index (χ3n) is 5.18. The smallest absolute Gasteiger partial charge is 0.296 e. The molecule has 1 aliphatic carbocycles. The van der Waals surface area contributed by atoms with Gasteiger partial charge in [0.15, 0.2) is 5.69 Å². The lowest BCUT2D eigenvalue weighted by Crippen LogP contribution is -2.20. The number of hydrogen-bond donors (Lipinski definition) is 1. The highest BCUT2D eigenvalue weighted by molar-refractivity contribution is 7.15. The van der Waals surface area contributed by atoms with Crippen LogP contribution in [0.25, 0.3) is 5.69 Å². The van der Waals surface area contributed by atoms with Crippen molar-refractivity contribution in [2.45, 2.75) is 51.1 Å². The van der Waals surface area contributed by atoms with Crippen LogP contribution in [0.15, 0.2) is 30.5 Å². The normalized spacial score (nSPS) is 15.3. The molecule has 0 spiro atoms. The monoisotopic (exact) mass is 435 g/mol. The molecule has 4 rings (SSSR count). The maximum absolute atomic E-state index is 13.8. The van der Waals surface area contributed by atoms with Crippen molar-refractivity contribution in [1.82, 2.24) is 20.0 Å². The number of benzene rings is 1. The molecule has 0 aliphatic heterocycles. The quantitative estimate of drug-likeness (QED) is 0.600. The second-order valence-electron chi connectivity index (χ2n) is 7.39. The maximum Gasteiger partial charge on any atom is 0.434 e. The molecule has 1 amide bonds. The van der Waals surface area contributed by atoms with Gasteiger partial charge in [0.25, 0.3) is 5.91 Å². The standard InChI is InChI=1S/C20H20F3N5OS/c1-12-7-9-14(10-8-12)28-16(20(21,22)23)15(11-24-28)17(29)25-19-27-26-18(30-19)13-5-3-2-4-6-13/h7-11,13H,2-6H2,1H3,(H,25,27,29). The Hall–Kier alpha value is -2.75. The van der Waals surface area contributed by atoms with Gasteiger partial charge in [-0.15, -0.1) is 10.2 Å². The molecule has 1 aliphatic rings. The number of nitrogens with one attached hydrogen (secondary N) is 1. The van der Waals surface area contributed by atoms with E-state index in [1.807, 2.05) is 6.92 Å². The molecule has 3 aromatic rings. The van der Waals surface area contributed by atoms with E-state index in [9.17, 15) is 18.0 Å². The predicted molar refractivity (Wildman–Crippen MR) is 107 cm³/mol. The van der Waals surface area contributed by atoms with E-state index in [1.165, 1.54) is 29.9 Å². The van der Waals surface area contributed by atoms with Gasteiger partial charge in [0.1, 0.15) is 5.01 Å². The Morgan fingerprint density at radius 3 is 2.50 bits per heavy atom. The summed E-state index contributed by atoms with van der Waals surface area (Å²) in [6.07, 6.45) is 1.65. The Bertz CT molecular complexity index is 1040. The minimum absolute atomic E-state index is 0.191. The Kier molecular flexibility index (Phi) is 5.59. The highest BCUT2D eigenvalue weighted by Gasteiger charge is 2.40. The average Bonchev–Trinajstić information content (AvgIpc) is 3.36. The number of carbonyl (C=O) groups is 1. The number of rotatable bonds is 4. The first-order valence-corrected chi connectivity index (χ1v) is 10.5. The van der Waals surface area contributed by atoms with Crippen LogP contribution in [0, 0.1) is 6.92 Å². The van der Waals surface area contributed by atoms with Gasteiger partial charge in [-0.3, -0.25) is 10.1 Å². The van der Waals surface area contributed by atoms with Crippen LogP contribution in [0.2, 0.25) is 0 Å². The number of nitrogens with zero attached hydrogens (tertiary/aromatic N) is 4. The summed E-state index contributed by atoms with van der Waals surface area (Å²) >= 11 is 1.22. The van der Waals surface area contributed by atoms with Crippen molar-refractivity contribution in [1.29, 1.82) is 0 Å². The van der Waals surface area contributed by atoms with Crippen molar-refractivity contribution >= 4 is 22.4 Å². The summed E-state index contributed by atoms with van der Waals surface area (Å²) in [6, 6.07) is 6.43. The number of amides is 1. The Labute approximate surface area is 175 Å². The van der Waals surface area contributed by atoms with Crippen molar-refractivity contribution in [3.8, 4) is 5.69 Å². The summed E-state index contributed by atoms with van der Waals surface area (Å²) in [5, 5.41) is 15.4. The van der Waals surface area contributed by atoms with Crippen molar-refractivity contribution in [2.75, 3.05) is 5.32 Å². The van der Waals surface area contributed by atoms with Crippen molar-refractivity contribution < 1.29 is 18.0 Å². The topological polar surface area (TPSA) is 72.7 Å². The van der Waals surface area contributed by atoms with Gasteiger partial charge in [-0.2, -0.15) is 18.3 Å². The van der Waals surface area contributed by atoms with Gasteiger partial charge in [0.05, 0.1) is 17.4 Å². The summed E-state index contributed by atoms with van der Waals surface area (Å²) in [7, 11) is 0. The Balaban J connectivity index is 1.60. The summed E-state index contributed by atoms with van der Waals surface area (Å²) in [4.78, 5) is 12.6. The molecule has 2 aromatic heterocycles. The number of alkyl halides is 3. The molecule has 30 heavy (non-hydrogen) atoms. The lowest BCUT2D eigenvalue weighted by atomic mass is 9.90. The van der Waals surface area contributed by atoms with Crippen molar-refractivity contribution in [3.63, 3.8) is 0 Å². The first kappa shape index (κ1) is 20.5. The SMILES string of the molecule is Cc1ccc(-n2ncc(C(=O)Nc3nnc(C4CCCCC4)s3)c2C(F)(F)F)cc1. The number of carbonyl (C=O) groups excluding carboxylic acids is 1. The van der Waals surface area contributed by atoms with Gasteiger partial charge in [0.2, 0.25) is 5.13 Å². The van der Waals surface area contributed by atoms with Gasteiger partial charge in [-0.1, -0.05) is 48.3 Å². The van der Waals surface area contributed by atoms with Crippen LogP contribution < -0.4 is 5.32 Å². The molecule has 158 valence electrons. The average molecular weight is 435 g/mol. The van der Waals surface area contributed by atoms with Crippen LogP contribution in [0.4, 0.5) is 18.3 Å². The fraction of sp³-hybridized carbons (Fsp3) is 0.400. The van der Waals surface area contributed by atoms with E-state index >= 15 is 0 Å². The zero-order valence-corrected chi connectivity index (χ0v) is 17.1. The van der Waals surface area contributed by atoms with Crippen LogP contribution in [-0.4, -0.2) is 25.9 Å². The van der Waals surface area contributed by atoms with Crippen LogP contribution in [0.3, 0.4) is 0 Å². The van der Waals surface area contributed by atoms with Crippen LogP contribution >= 0.6 is 11.3 Å². The Morgan fingerprint density at radius 2 is 1.83 bits per heavy atom. The third kappa shape index (κ3) is 4.23. The summed E-state index contributed by atoms with van der Waals surface area (Å²) in [5.74, 6) is -0.607. The lowest BCUT2D eigenvalue weighted by molar-refractivity contribution is -0.143. The molecular formula is C20H20F3N5OS. The van der Waals surface area contributed by atoms with Gasteiger partial charge in [0, 0.05) is 5.92 Å². The molecule has 1 aromatic carbocycles. The second-order valence-corrected chi connectivity index (χ2v) is 8.40. The van der Waals surface area contributed by atoms with Crippen LogP contribution in [-0.2, 0) is 6.18 Å². The fourth-order valence-corrected chi connectivity index (χ4v) is 4.54. The molecule has 6 nitrogen and oxygen atoms in total. The zero-order valence-electron chi connectivity index (χ0n) is 16.2. The highest BCUT2D eigenvalue weighted by Crippen LogP contribution is 2.36. The molecule has 10 heteroatoms. The van der Waals surface area contributed by atoms with Gasteiger partial charge in [-0.25, -0.2) is 4.68 Å². The number of aryl methyl sites for hydroxylation is 1. The third-order valence-corrected chi connectivity index (χ3v) is 6.18. The summed E-state index contributed by atoms with van der Waals surface area (Å²) < 4.78 is 42.1. The lowest BCUT2D eigenvalue weighted by Gasteiger charge is -2.18. The van der Waals surface area contributed by atoms with Crippen molar-refractivity contribution in [2.24, 2.45) is 0 Å². The zero-order chi connectivity index (χ0) is 21.3. The molecule has 0 bridgehead atoms. The van der Waals surface area contributed by atoms with Gasteiger partial charge in [-0.05, 0) is 31.9 Å². The molecule has 1 saturated carbocycles. The largest absolute Gasteiger partial charge is 0.434 e. The maximum atomic E-state index is 13.8. The van der Waals surface area contributed by atoms with Crippen LogP contribution in [0.5, 0.6) is 0 Å². The van der Waals surface area contributed by atoms with Gasteiger partial charge >= 0.3 is 6.18 Å². The highest BCUT2D eigenvalue weighted by atomic mass is 32.1. The Morgan fingerprint density at radius 1 is 1.13 bits per heavy atom. The molecule has 2 heterocycles. The molecule has 1 N–H and O–H groups in total. The second kappa shape index (κ2) is 8.17. The number of anilines is 1. The van der Waals surface area contributed by atoms with E-state index in [0.29, 0.717) is 5.92 Å².